The number of benzene rings is 1. The van der Waals surface area contributed by atoms with Crippen molar-refractivity contribution in [2.24, 2.45) is 5.73 Å². The smallest absolute Gasteiger partial charge is 0.256 e. The molecule has 0 amide bonds. The fraction of sp³-hybridized carbons (Fsp3) is 0.176. The quantitative estimate of drug-likeness (QED) is 0.828. The lowest BCUT2D eigenvalue weighted by atomic mass is 9.84. The molecule has 1 aromatic heterocycles. The molecule has 1 aliphatic rings. The van der Waals surface area contributed by atoms with Crippen molar-refractivity contribution in [2.45, 2.75) is 17.7 Å². The molecule has 0 spiro atoms. The number of pyridine rings is 1. The highest BCUT2D eigenvalue weighted by molar-refractivity contribution is 7.98. The Balaban J connectivity index is 2.24. The van der Waals surface area contributed by atoms with E-state index in [1.54, 1.807) is 24.8 Å². The number of aromatic nitrogens is 1. The zero-order chi connectivity index (χ0) is 16.6. The van der Waals surface area contributed by atoms with Crippen LogP contribution in [0.3, 0.4) is 0 Å². The van der Waals surface area contributed by atoms with Crippen LogP contribution >= 0.6 is 11.8 Å². The van der Waals surface area contributed by atoms with E-state index in [9.17, 15) is 10.1 Å². The number of nitrogens with two attached hydrogens (primary N) is 1. The Kier molecular flexibility index (Phi) is 3.89. The largest absolute Gasteiger partial charge is 0.440 e. The fourth-order valence-electron chi connectivity index (χ4n) is 2.74. The molecule has 5 nitrogen and oxygen atoms in total. The first-order valence-electron chi connectivity index (χ1n) is 7.00. The van der Waals surface area contributed by atoms with Crippen molar-refractivity contribution >= 4 is 11.8 Å². The van der Waals surface area contributed by atoms with E-state index in [-0.39, 0.29) is 17.0 Å². The molecule has 0 fully saturated rings. The van der Waals surface area contributed by atoms with Crippen molar-refractivity contribution in [1.82, 2.24) is 4.98 Å². The first-order valence-corrected chi connectivity index (χ1v) is 8.23. The number of thioether (sulfide) groups is 1. The lowest BCUT2D eigenvalue weighted by Gasteiger charge is -2.25. The summed E-state index contributed by atoms with van der Waals surface area (Å²) in [5.41, 5.74) is 7.82. The van der Waals surface area contributed by atoms with Gasteiger partial charge in [0.15, 0.2) is 0 Å². The van der Waals surface area contributed by atoms with Crippen LogP contribution in [0, 0.1) is 18.3 Å². The maximum Gasteiger partial charge on any atom is 0.256 e. The minimum Gasteiger partial charge on any atom is -0.440 e. The molecule has 116 valence electrons. The number of hydrogen-bond donors (Lipinski definition) is 2. The number of H-pyrrole nitrogens is 1. The molecule has 23 heavy (non-hydrogen) atoms. The van der Waals surface area contributed by atoms with Crippen molar-refractivity contribution in [1.29, 1.82) is 5.26 Å². The highest BCUT2D eigenvalue weighted by atomic mass is 32.2. The molecular weight excluding hydrogens is 310 g/mol. The molecule has 0 aliphatic carbocycles. The van der Waals surface area contributed by atoms with Gasteiger partial charge in [-0.05, 0) is 30.9 Å². The summed E-state index contributed by atoms with van der Waals surface area (Å²) in [6.07, 6.45) is 1.99. The van der Waals surface area contributed by atoms with Crippen LogP contribution in [0.4, 0.5) is 0 Å². The molecule has 1 aromatic carbocycles. The third-order valence-electron chi connectivity index (χ3n) is 3.80. The van der Waals surface area contributed by atoms with Crippen LogP contribution in [-0.4, -0.2) is 11.2 Å². The zero-order valence-corrected chi connectivity index (χ0v) is 13.5. The van der Waals surface area contributed by atoms with Gasteiger partial charge in [-0.1, -0.05) is 12.1 Å². The first-order chi connectivity index (χ1) is 11.0. The molecule has 0 unspecified atom stereocenters. The van der Waals surface area contributed by atoms with Gasteiger partial charge in [0, 0.05) is 16.7 Å². The van der Waals surface area contributed by atoms with Gasteiger partial charge in [-0.2, -0.15) is 5.26 Å². The van der Waals surface area contributed by atoms with Gasteiger partial charge in [-0.15, -0.1) is 11.8 Å². The van der Waals surface area contributed by atoms with Crippen LogP contribution in [0.25, 0.3) is 0 Å². The molecule has 2 heterocycles. The van der Waals surface area contributed by atoms with Crippen molar-refractivity contribution < 1.29 is 4.74 Å². The molecule has 2 aromatic rings. The lowest BCUT2D eigenvalue weighted by Crippen LogP contribution is -2.28. The molecular formula is C17H15N3O2S. The van der Waals surface area contributed by atoms with Crippen molar-refractivity contribution in [3.05, 3.63) is 69.0 Å². The number of rotatable bonds is 2. The number of allylic oxidation sites excluding steroid dienone is 1. The summed E-state index contributed by atoms with van der Waals surface area (Å²) in [6, 6.07) is 11.6. The van der Waals surface area contributed by atoms with E-state index in [1.165, 1.54) is 0 Å². The van der Waals surface area contributed by atoms with Gasteiger partial charge >= 0.3 is 0 Å². The highest BCUT2D eigenvalue weighted by Gasteiger charge is 2.33. The van der Waals surface area contributed by atoms with E-state index in [0.717, 1.165) is 10.5 Å². The van der Waals surface area contributed by atoms with Crippen LogP contribution in [0.5, 0.6) is 5.75 Å². The van der Waals surface area contributed by atoms with Crippen LogP contribution < -0.4 is 16.0 Å². The molecule has 3 N–H and O–H groups in total. The molecule has 1 atom stereocenters. The Morgan fingerprint density at radius 3 is 2.65 bits per heavy atom. The van der Waals surface area contributed by atoms with Crippen LogP contribution in [0.15, 0.2) is 51.5 Å². The lowest BCUT2D eigenvalue weighted by molar-refractivity contribution is 0.391. The van der Waals surface area contributed by atoms with Crippen LogP contribution in [0.1, 0.15) is 22.7 Å². The van der Waals surface area contributed by atoms with Gasteiger partial charge in [0.2, 0.25) is 5.88 Å². The zero-order valence-electron chi connectivity index (χ0n) is 12.7. The van der Waals surface area contributed by atoms with Gasteiger partial charge in [-0.3, -0.25) is 4.79 Å². The van der Waals surface area contributed by atoms with E-state index in [1.807, 2.05) is 30.5 Å². The average Bonchev–Trinajstić information content (AvgIpc) is 2.53. The summed E-state index contributed by atoms with van der Waals surface area (Å²) in [7, 11) is 0. The van der Waals surface area contributed by atoms with Crippen molar-refractivity contribution in [3.8, 4) is 11.8 Å². The Morgan fingerprint density at radius 1 is 1.35 bits per heavy atom. The number of nitrogens with zero attached hydrogens (tertiary/aromatic N) is 1. The highest BCUT2D eigenvalue weighted by Crippen LogP contribution is 2.40. The molecule has 1 aliphatic heterocycles. The second kappa shape index (κ2) is 5.86. The van der Waals surface area contributed by atoms with Gasteiger partial charge < -0.3 is 15.5 Å². The number of nitriles is 1. The van der Waals surface area contributed by atoms with Gasteiger partial charge in [0.1, 0.15) is 17.4 Å². The Bertz CT molecular complexity index is 892. The van der Waals surface area contributed by atoms with Crippen LogP contribution in [0.2, 0.25) is 0 Å². The van der Waals surface area contributed by atoms with E-state index in [2.05, 4.69) is 11.1 Å². The SMILES string of the molecule is CSc1ccc([C@@H]2C(C#N)=C(N)Oc3cc(C)[nH]c(=O)c32)cc1. The normalized spacial score (nSPS) is 16.5. The summed E-state index contributed by atoms with van der Waals surface area (Å²) in [6.45, 7) is 1.77. The number of ether oxygens (including phenoxy) is 1. The fourth-order valence-corrected chi connectivity index (χ4v) is 3.14. The van der Waals surface area contributed by atoms with E-state index in [4.69, 9.17) is 10.5 Å². The third kappa shape index (κ3) is 2.60. The summed E-state index contributed by atoms with van der Waals surface area (Å²) in [4.78, 5) is 16.3. The minimum absolute atomic E-state index is 0.0453. The number of aryl methyl sites for hydroxylation is 1. The van der Waals surface area contributed by atoms with Crippen LogP contribution in [-0.2, 0) is 0 Å². The average molecular weight is 325 g/mol. The predicted molar refractivity (Wildman–Crippen MR) is 89.3 cm³/mol. The number of hydrogen-bond acceptors (Lipinski definition) is 5. The van der Waals surface area contributed by atoms with Crippen molar-refractivity contribution in [2.75, 3.05) is 6.26 Å². The summed E-state index contributed by atoms with van der Waals surface area (Å²) < 4.78 is 5.50. The summed E-state index contributed by atoms with van der Waals surface area (Å²) in [5.74, 6) is -0.0744. The second-order valence-corrected chi connectivity index (χ2v) is 6.14. The summed E-state index contributed by atoms with van der Waals surface area (Å²) >= 11 is 1.63. The molecule has 3 rings (SSSR count). The second-order valence-electron chi connectivity index (χ2n) is 5.26. The van der Waals surface area contributed by atoms with E-state index >= 15 is 0 Å². The maximum atomic E-state index is 12.4. The minimum atomic E-state index is -0.524. The Morgan fingerprint density at radius 2 is 2.04 bits per heavy atom. The van der Waals surface area contributed by atoms with Crippen molar-refractivity contribution in [3.63, 3.8) is 0 Å². The van der Waals surface area contributed by atoms with E-state index < -0.39 is 5.92 Å². The predicted octanol–water partition coefficient (Wildman–Crippen LogP) is 2.62. The third-order valence-corrected chi connectivity index (χ3v) is 4.54. The molecule has 6 heteroatoms. The molecule has 0 bridgehead atoms. The standard InChI is InChI=1S/C17H15N3O2S/c1-9-7-13-15(17(21)20-9)14(12(8-18)16(19)22-13)10-3-5-11(23-2)6-4-10/h3-7,14H,19H2,1-2H3,(H,20,21)/t14-/m1/s1. The topological polar surface area (TPSA) is 91.9 Å². The number of fused-ring (bicyclic) bond motifs is 1. The van der Waals surface area contributed by atoms with E-state index in [0.29, 0.717) is 17.0 Å². The van der Waals surface area contributed by atoms with Gasteiger partial charge in [0.05, 0.1) is 11.5 Å². The Hall–Kier alpha value is -2.65. The maximum absolute atomic E-state index is 12.4. The van der Waals surface area contributed by atoms with Gasteiger partial charge in [-0.25, -0.2) is 0 Å². The number of aromatic amines is 1. The molecule has 0 saturated carbocycles. The first kappa shape index (κ1) is 15.3. The number of nitrogens with one attached hydrogen (secondary N) is 1. The van der Waals surface area contributed by atoms with Gasteiger partial charge in [0.25, 0.3) is 5.56 Å². The Labute approximate surface area is 137 Å². The summed E-state index contributed by atoms with van der Waals surface area (Å²) in [5, 5.41) is 9.48. The monoisotopic (exact) mass is 325 g/mol. The molecule has 0 radical (unpaired) electrons. The molecule has 0 saturated heterocycles.